The zero-order chi connectivity index (χ0) is 26.9. The standard InChI is InChI=1S/C33H29N3O3/c37-32(35-22-7-12-25-10-3-1-4-11-25)31(28-15-8-21-34-24-28)36(33(38)30-16-9-23-39-30)29-19-17-27(18-20-29)26-13-5-2-6-14-26/h1-6,8-11,13-21,23-24,31H,7,12,22H2,(H,35,37). The summed E-state index contributed by atoms with van der Waals surface area (Å²) >= 11 is 0. The maximum Gasteiger partial charge on any atom is 0.294 e. The molecule has 0 aliphatic heterocycles. The zero-order valence-electron chi connectivity index (χ0n) is 21.4. The molecule has 0 saturated heterocycles. The summed E-state index contributed by atoms with van der Waals surface area (Å²) in [7, 11) is 0. The first kappa shape index (κ1) is 25.7. The van der Waals surface area contributed by atoms with Crippen LogP contribution >= 0.6 is 0 Å². The highest BCUT2D eigenvalue weighted by molar-refractivity contribution is 6.08. The van der Waals surface area contributed by atoms with Crippen LogP contribution in [0.5, 0.6) is 0 Å². The van der Waals surface area contributed by atoms with Crippen molar-refractivity contribution in [2.75, 3.05) is 11.4 Å². The van der Waals surface area contributed by atoms with Crippen LogP contribution in [0.25, 0.3) is 11.1 Å². The summed E-state index contributed by atoms with van der Waals surface area (Å²) in [5.74, 6) is -0.559. The number of furan rings is 1. The van der Waals surface area contributed by atoms with Crippen molar-refractivity contribution in [3.8, 4) is 11.1 Å². The van der Waals surface area contributed by atoms with Crippen LogP contribution in [0.4, 0.5) is 5.69 Å². The van der Waals surface area contributed by atoms with Gasteiger partial charge in [0, 0.05) is 30.2 Å². The van der Waals surface area contributed by atoms with E-state index < -0.39 is 11.9 Å². The van der Waals surface area contributed by atoms with Gasteiger partial charge >= 0.3 is 0 Å². The summed E-state index contributed by atoms with van der Waals surface area (Å²) in [6.45, 7) is 0.472. The molecule has 6 heteroatoms. The van der Waals surface area contributed by atoms with Crippen molar-refractivity contribution < 1.29 is 14.0 Å². The van der Waals surface area contributed by atoms with Gasteiger partial charge in [-0.15, -0.1) is 0 Å². The molecule has 2 heterocycles. The molecule has 1 N–H and O–H groups in total. The molecule has 6 nitrogen and oxygen atoms in total. The molecule has 2 aromatic heterocycles. The number of amides is 2. The molecular formula is C33H29N3O3. The molecule has 0 fully saturated rings. The first-order valence-electron chi connectivity index (χ1n) is 12.9. The summed E-state index contributed by atoms with van der Waals surface area (Å²) in [5.41, 5.74) is 4.46. The highest BCUT2D eigenvalue weighted by Crippen LogP contribution is 2.31. The molecule has 0 aliphatic rings. The van der Waals surface area contributed by atoms with Gasteiger partial charge in [0.15, 0.2) is 5.76 Å². The molecule has 5 aromatic rings. The second kappa shape index (κ2) is 12.5. The zero-order valence-corrected chi connectivity index (χ0v) is 21.4. The number of aromatic nitrogens is 1. The number of benzene rings is 3. The van der Waals surface area contributed by atoms with Crippen LogP contribution in [0, 0.1) is 0 Å². The Kier molecular flexibility index (Phi) is 8.24. The minimum atomic E-state index is -0.949. The molecular weight excluding hydrogens is 486 g/mol. The SMILES string of the molecule is O=C(NCCCc1ccccc1)C(c1cccnc1)N(C(=O)c1ccco1)c1ccc(-c2ccccc2)cc1. The van der Waals surface area contributed by atoms with Crippen molar-refractivity contribution >= 4 is 17.5 Å². The van der Waals surface area contributed by atoms with Crippen LogP contribution < -0.4 is 10.2 Å². The van der Waals surface area contributed by atoms with Crippen LogP contribution in [-0.4, -0.2) is 23.3 Å². The van der Waals surface area contributed by atoms with Crippen LogP contribution in [0.3, 0.4) is 0 Å². The molecule has 2 amide bonds. The fourth-order valence-corrected chi connectivity index (χ4v) is 4.55. The molecule has 0 spiro atoms. The van der Waals surface area contributed by atoms with E-state index in [0.29, 0.717) is 17.8 Å². The van der Waals surface area contributed by atoms with E-state index in [2.05, 4.69) is 22.4 Å². The van der Waals surface area contributed by atoms with Gasteiger partial charge in [-0.2, -0.15) is 0 Å². The highest BCUT2D eigenvalue weighted by Gasteiger charge is 2.34. The first-order valence-corrected chi connectivity index (χ1v) is 12.9. The molecule has 1 atom stereocenters. The summed E-state index contributed by atoms with van der Waals surface area (Å²) in [5, 5.41) is 3.05. The molecule has 5 rings (SSSR count). The van der Waals surface area contributed by atoms with E-state index in [1.165, 1.54) is 16.7 Å². The number of nitrogens with zero attached hydrogens (tertiary/aromatic N) is 2. The van der Waals surface area contributed by atoms with E-state index in [-0.39, 0.29) is 11.7 Å². The average molecular weight is 516 g/mol. The van der Waals surface area contributed by atoms with Gasteiger partial charge < -0.3 is 9.73 Å². The quantitative estimate of drug-likeness (QED) is 0.216. The van der Waals surface area contributed by atoms with Crippen molar-refractivity contribution in [1.29, 1.82) is 0 Å². The largest absolute Gasteiger partial charge is 0.459 e. The van der Waals surface area contributed by atoms with Crippen molar-refractivity contribution in [3.05, 3.63) is 145 Å². The third-order valence-electron chi connectivity index (χ3n) is 6.49. The smallest absolute Gasteiger partial charge is 0.294 e. The van der Waals surface area contributed by atoms with E-state index in [1.807, 2.05) is 78.9 Å². The molecule has 1 unspecified atom stereocenters. The van der Waals surface area contributed by atoms with Crippen molar-refractivity contribution in [3.63, 3.8) is 0 Å². The fourth-order valence-electron chi connectivity index (χ4n) is 4.55. The van der Waals surface area contributed by atoms with Crippen LogP contribution in [-0.2, 0) is 11.2 Å². The minimum absolute atomic E-state index is 0.146. The maximum absolute atomic E-state index is 13.8. The van der Waals surface area contributed by atoms with E-state index in [4.69, 9.17) is 4.42 Å². The predicted molar refractivity (Wildman–Crippen MR) is 152 cm³/mol. The second-order valence-corrected chi connectivity index (χ2v) is 9.13. The lowest BCUT2D eigenvalue weighted by Gasteiger charge is -2.31. The average Bonchev–Trinajstić information content (AvgIpc) is 3.55. The van der Waals surface area contributed by atoms with Crippen LogP contribution in [0.2, 0.25) is 0 Å². The monoisotopic (exact) mass is 515 g/mol. The maximum atomic E-state index is 13.8. The Labute approximate surface area is 227 Å². The molecule has 0 aliphatic carbocycles. The highest BCUT2D eigenvalue weighted by atomic mass is 16.3. The third kappa shape index (κ3) is 6.30. The van der Waals surface area contributed by atoms with Crippen molar-refractivity contribution in [2.24, 2.45) is 0 Å². The van der Waals surface area contributed by atoms with Gasteiger partial charge in [-0.1, -0.05) is 78.9 Å². The number of pyridine rings is 1. The Balaban J connectivity index is 1.45. The minimum Gasteiger partial charge on any atom is -0.459 e. The van der Waals surface area contributed by atoms with Crippen molar-refractivity contribution in [1.82, 2.24) is 10.3 Å². The topological polar surface area (TPSA) is 75.4 Å². The number of aryl methyl sites for hydroxylation is 1. The second-order valence-electron chi connectivity index (χ2n) is 9.13. The number of nitrogens with one attached hydrogen (secondary N) is 1. The van der Waals surface area contributed by atoms with E-state index >= 15 is 0 Å². The Morgan fingerprint density at radius 1 is 0.795 bits per heavy atom. The van der Waals surface area contributed by atoms with E-state index in [1.54, 1.807) is 30.6 Å². The van der Waals surface area contributed by atoms with Crippen molar-refractivity contribution in [2.45, 2.75) is 18.9 Å². The molecule has 39 heavy (non-hydrogen) atoms. The summed E-state index contributed by atoms with van der Waals surface area (Å²) in [6, 6.07) is 33.6. The number of rotatable bonds is 10. The molecule has 194 valence electrons. The lowest BCUT2D eigenvalue weighted by atomic mass is 10.0. The summed E-state index contributed by atoms with van der Waals surface area (Å²) in [4.78, 5) is 33.3. The molecule has 3 aromatic carbocycles. The lowest BCUT2D eigenvalue weighted by molar-refractivity contribution is -0.122. The van der Waals surface area contributed by atoms with Gasteiger partial charge in [0.1, 0.15) is 6.04 Å². The lowest BCUT2D eigenvalue weighted by Crippen LogP contribution is -2.44. The Hall–Kier alpha value is -4.97. The van der Waals surface area contributed by atoms with Gasteiger partial charge in [0.05, 0.1) is 6.26 Å². The van der Waals surface area contributed by atoms with Crippen LogP contribution in [0.15, 0.2) is 132 Å². The van der Waals surface area contributed by atoms with Gasteiger partial charge in [0.2, 0.25) is 5.91 Å². The van der Waals surface area contributed by atoms with E-state index in [9.17, 15) is 9.59 Å². The fraction of sp³-hybridized carbons (Fsp3) is 0.121. The molecule has 0 bridgehead atoms. The Bertz CT molecular complexity index is 1470. The van der Waals surface area contributed by atoms with Gasteiger partial charge in [-0.05, 0) is 59.9 Å². The summed E-state index contributed by atoms with van der Waals surface area (Å²) in [6.07, 6.45) is 6.33. The van der Waals surface area contributed by atoms with Gasteiger partial charge in [0.25, 0.3) is 5.91 Å². The Morgan fingerprint density at radius 2 is 1.51 bits per heavy atom. The molecule has 0 saturated carbocycles. The number of carbonyl (C=O) groups is 2. The normalized spacial score (nSPS) is 11.5. The third-order valence-corrected chi connectivity index (χ3v) is 6.49. The first-order chi connectivity index (χ1) is 19.2. The summed E-state index contributed by atoms with van der Waals surface area (Å²) < 4.78 is 5.47. The molecule has 0 radical (unpaired) electrons. The number of anilines is 1. The van der Waals surface area contributed by atoms with Crippen LogP contribution in [0.1, 0.15) is 34.1 Å². The van der Waals surface area contributed by atoms with Gasteiger partial charge in [-0.25, -0.2) is 0 Å². The number of hydrogen-bond donors (Lipinski definition) is 1. The predicted octanol–water partition coefficient (Wildman–Crippen LogP) is 6.48. The Morgan fingerprint density at radius 3 is 2.18 bits per heavy atom. The number of carbonyl (C=O) groups excluding carboxylic acids is 2. The van der Waals surface area contributed by atoms with E-state index in [0.717, 1.165) is 24.0 Å². The number of hydrogen-bond acceptors (Lipinski definition) is 4. The van der Waals surface area contributed by atoms with Gasteiger partial charge in [-0.3, -0.25) is 19.5 Å².